The van der Waals surface area contributed by atoms with Crippen molar-refractivity contribution in [2.24, 2.45) is 0 Å². The van der Waals surface area contributed by atoms with Gasteiger partial charge in [0.25, 0.3) is 0 Å². The monoisotopic (exact) mass is 761 g/mol. The molecule has 0 fully saturated rings. The molecule has 1 aromatic heterocycles. The van der Waals surface area contributed by atoms with E-state index in [1.54, 1.807) is 16.7 Å². The average Bonchev–Trinajstić information content (AvgIpc) is 3.52. The Morgan fingerprint density at radius 1 is 0.836 bits per heavy atom. The number of carbonyl (C=O) groups is 4. The third-order valence-electron chi connectivity index (χ3n) is 8.85. The van der Waals surface area contributed by atoms with Crippen LogP contribution in [0.3, 0.4) is 0 Å². The van der Waals surface area contributed by atoms with Gasteiger partial charge in [-0.15, -0.1) is 5.10 Å². The topological polar surface area (TPSA) is 151 Å². The van der Waals surface area contributed by atoms with Crippen LogP contribution in [0.15, 0.2) is 48.5 Å². The van der Waals surface area contributed by atoms with Gasteiger partial charge in [0.1, 0.15) is 29.7 Å². The van der Waals surface area contributed by atoms with Crippen molar-refractivity contribution in [3.05, 3.63) is 54.1 Å². The fraction of sp³-hybridized carbons (Fsp3) is 0.571. The minimum atomic E-state index is -0.571. The van der Waals surface area contributed by atoms with Crippen molar-refractivity contribution in [1.82, 2.24) is 20.3 Å². The number of carbonyl (C=O) groups excluding carboxylic acids is 4. The van der Waals surface area contributed by atoms with E-state index in [2.05, 4.69) is 15.6 Å². The van der Waals surface area contributed by atoms with Crippen LogP contribution < -0.4 is 10.2 Å². The number of rotatable bonds is 20. The molecule has 13 heteroatoms. The van der Waals surface area contributed by atoms with Gasteiger partial charge in [-0.05, 0) is 72.4 Å². The average molecular weight is 762 g/mol. The molecule has 0 saturated heterocycles. The number of unbranched alkanes of at least 4 members (excludes halogenated alkanes) is 2. The molecule has 1 N–H and O–H groups in total. The number of anilines is 1. The lowest BCUT2D eigenvalue weighted by Gasteiger charge is -2.30. The number of nitrogens with one attached hydrogen (secondary N) is 1. The number of esters is 2. The van der Waals surface area contributed by atoms with Crippen molar-refractivity contribution in [3.63, 3.8) is 0 Å². The Balaban J connectivity index is 1.38. The van der Waals surface area contributed by atoms with Crippen molar-refractivity contribution in [1.29, 1.82) is 0 Å². The first-order valence-electron chi connectivity index (χ1n) is 19.3. The first-order valence-corrected chi connectivity index (χ1v) is 19.3. The fourth-order valence-corrected chi connectivity index (χ4v) is 6.42. The Labute approximate surface area is 325 Å². The third-order valence-corrected chi connectivity index (χ3v) is 8.85. The molecule has 0 bridgehead atoms. The maximum atomic E-state index is 13.8. The van der Waals surface area contributed by atoms with Gasteiger partial charge in [-0.2, -0.15) is 0 Å². The molecule has 1 atom stereocenters. The van der Waals surface area contributed by atoms with Crippen LogP contribution in [0.1, 0.15) is 98.5 Å². The molecule has 2 heterocycles. The summed E-state index contributed by atoms with van der Waals surface area (Å²) in [4.78, 5) is 54.0. The number of ether oxygens (including phenoxy) is 4. The number of fused-ring (bicyclic) bond motifs is 5. The standard InChI is InChI=1S/C42H59N5O8/c1-41(2,3)43-34(40(51)55-42(4,5)6)20-9-8-10-22-37(50)54-25-23-47-39-33-19-13-14-21-35(33)46(29-30-16-11-12-18-32(30)38(39)44-45-47)36(49)28-31(48)17-15-24-53-27-26-52-7/h11-14,16,18-19,21,34,43H,8-10,15,17,20,22-29H2,1-7H3. The smallest absolute Gasteiger partial charge is 0.323 e. The molecule has 0 saturated carbocycles. The van der Waals surface area contributed by atoms with E-state index in [4.69, 9.17) is 18.9 Å². The van der Waals surface area contributed by atoms with Gasteiger partial charge in [-0.1, -0.05) is 60.5 Å². The summed E-state index contributed by atoms with van der Waals surface area (Å²) in [5, 5.41) is 12.4. The molecule has 1 unspecified atom stereocenters. The lowest BCUT2D eigenvalue weighted by Crippen LogP contribution is -2.49. The second-order valence-corrected chi connectivity index (χ2v) is 15.9. The molecule has 0 aliphatic carbocycles. The molecular formula is C42H59N5O8. The molecule has 2 aromatic carbocycles. The fourth-order valence-electron chi connectivity index (χ4n) is 6.42. The van der Waals surface area contributed by atoms with Gasteiger partial charge in [0, 0.05) is 43.2 Å². The van der Waals surface area contributed by atoms with Crippen molar-refractivity contribution in [3.8, 4) is 22.5 Å². The van der Waals surface area contributed by atoms with Crippen molar-refractivity contribution < 1.29 is 38.1 Å². The summed E-state index contributed by atoms with van der Waals surface area (Å²) >= 11 is 0. The summed E-state index contributed by atoms with van der Waals surface area (Å²) < 4.78 is 23.4. The van der Waals surface area contributed by atoms with Gasteiger partial charge in [-0.25, -0.2) is 4.68 Å². The number of ketones is 1. The van der Waals surface area contributed by atoms with E-state index in [0.717, 1.165) is 29.5 Å². The lowest BCUT2D eigenvalue weighted by molar-refractivity contribution is -0.158. The summed E-state index contributed by atoms with van der Waals surface area (Å²) in [6, 6.07) is 14.8. The number of benzene rings is 2. The molecule has 300 valence electrons. The summed E-state index contributed by atoms with van der Waals surface area (Å²) in [6.45, 7) is 13.6. The minimum absolute atomic E-state index is 0.0843. The van der Waals surface area contributed by atoms with E-state index in [-0.39, 0.29) is 68.1 Å². The molecule has 0 radical (unpaired) electrons. The zero-order valence-electron chi connectivity index (χ0n) is 33.7. The highest BCUT2D eigenvalue weighted by Gasteiger charge is 2.31. The SMILES string of the molecule is COCCOCCCC(=O)CC(=O)N1Cc2ccccc2-c2nnn(CCOC(=O)CCCCCC(NC(C)(C)C)C(=O)OC(C)(C)C)c2-c2ccccc21. The number of para-hydroxylation sites is 1. The maximum absolute atomic E-state index is 13.8. The molecular weight excluding hydrogens is 702 g/mol. The Kier molecular flexibility index (Phi) is 16.1. The molecule has 1 aliphatic heterocycles. The largest absolute Gasteiger partial charge is 0.464 e. The van der Waals surface area contributed by atoms with Crippen LogP contribution in [0, 0.1) is 0 Å². The van der Waals surface area contributed by atoms with E-state index in [1.165, 1.54) is 0 Å². The van der Waals surface area contributed by atoms with Crippen LogP contribution in [-0.4, -0.2) is 89.3 Å². The molecule has 1 aliphatic rings. The van der Waals surface area contributed by atoms with Gasteiger partial charge in [0.15, 0.2) is 0 Å². The minimum Gasteiger partial charge on any atom is -0.464 e. The molecule has 4 rings (SSSR count). The zero-order valence-corrected chi connectivity index (χ0v) is 33.7. The second-order valence-electron chi connectivity index (χ2n) is 15.9. The maximum Gasteiger partial charge on any atom is 0.323 e. The van der Waals surface area contributed by atoms with Crippen LogP contribution in [0.5, 0.6) is 0 Å². The van der Waals surface area contributed by atoms with Gasteiger partial charge in [-0.3, -0.25) is 24.5 Å². The van der Waals surface area contributed by atoms with Gasteiger partial charge >= 0.3 is 11.9 Å². The molecule has 0 spiro atoms. The number of aromatic nitrogens is 3. The van der Waals surface area contributed by atoms with Crippen LogP contribution in [0.2, 0.25) is 0 Å². The predicted octanol–water partition coefficient (Wildman–Crippen LogP) is 6.45. The van der Waals surface area contributed by atoms with Crippen LogP contribution in [0.4, 0.5) is 5.69 Å². The summed E-state index contributed by atoms with van der Waals surface area (Å²) in [7, 11) is 1.60. The van der Waals surface area contributed by atoms with Crippen molar-refractivity contribution in [2.45, 2.75) is 123 Å². The number of amides is 1. The Morgan fingerprint density at radius 3 is 2.29 bits per heavy atom. The van der Waals surface area contributed by atoms with E-state index < -0.39 is 11.6 Å². The van der Waals surface area contributed by atoms with Crippen LogP contribution in [-0.2, 0) is 51.2 Å². The highest BCUT2D eigenvalue weighted by molar-refractivity contribution is 6.08. The van der Waals surface area contributed by atoms with Crippen LogP contribution >= 0.6 is 0 Å². The number of hydrogen-bond donors (Lipinski definition) is 1. The number of nitrogens with zero attached hydrogens (tertiary/aromatic N) is 4. The lowest BCUT2D eigenvalue weighted by atomic mass is 9.95. The van der Waals surface area contributed by atoms with Crippen molar-refractivity contribution >= 4 is 29.3 Å². The quantitative estimate of drug-likeness (QED) is 0.0768. The number of hydrogen-bond acceptors (Lipinski definition) is 11. The Hall–Kier alpha value is -4.46. The summed E-state index contributed by atoms with van der Waals surface area (Å²) in [5.74, 6) is -1.02. The number of methoxy groups -OCH3 is 1. The van der Waals surface area contributed by atoms with Crippen LogP contribution in [0.25, 0.3) is 22.5 Å². The first-order chi connectivity index (χ1) is 26.2. The molecule has 3 aromatic rings. The highest BCUT2D eigenvalue weighted by Crippen LogP contribution is 2.41. The van der Waals surface area contributed by atoms with Crippen molar-refractivity contribution in [2.75, 3.05) is 38.4 Å². The number of Topliss-reactive ketones (excluding diaryl/α,β-unsaturated/α-hetero) is 1. The molecule has 55 heavy (non-hydrogen) atoms. The van der Waals surface area contributed by atoms with E-state index in [0.29, 0.717) is 56.2 Å². The zero-order chi connectivity index (χ0) is 40.0. The van der Waals surface area contributed by atoms with E-state index in [1.807, 2.05) is 90.1 Å². The third kappa shape index (κ3) is 13.7. The highest BCUT2D eigenvalue weighted by atomic mass is 16.6. The van der Waals surface area contributed by atoms with Gasteiger partial charge in [0.05, 0.1) is 44.1 Å². The summed E-state index contributed by atoms with van der Waals surface area (Å²) in [5.41, 5.74) is 3.62. The second kappa shape index (κ2) is 20.5. The normalized spacial score (nSPS) is 13.2. The molecule has 1 amide bonds. The molecule has 13 nitrogen and oxygen atoms in total. The predicted molar refractivity (Wildman–Crippen MR) is 210 cm³/mol. The Morgan fingerprint density at radius 2 is 1.56 bits per heavy atom. The van der Waals surface area contributed by atoms with E-state index in [9.17, 15) is 19.2 Å². The van der Waals surface area contributed by atoms with Gasteiger partial charge < -0.3 is 23.8 Å². The summed E-state index contributed by atoms with van der Waals surface area (Å²) in [6.07, 6.45) is 3.55. The van der Waals surface area contributed by atoms with E-state index >= 15 is 0 Å². The Bertz CT molecular complexity index is 1740. The van der Waals surface area contributed by atoms with Gasteiger partial charge in [0.2, 0.25) is 5.91 Å². The first kappa shape index (κ1) is 43.3.